The van der Waals surface area contributed by atoms with Gasteiger partial charge in [-0.25, -0.2) is 4.79 Å². The summed E-state index contributed by atoms with van der Waals surface area (Å²) in [7, 11) is 2.14. The second-order valence-corrected chi connectivity index (χ2v) is 5.66. The molecule has 2 aromatic rings. The zero-order valence-electron chi connectivity index (χ0n) is 12.5. The van der Waals surface area contributed by atoms with Crippen molar-refractivity contribution in [3.05, 3.63) is 29.5 Å². The maximum absolute atomic E-state index is 11.3. The Bertz CT molecular complexity index is 669. The average molecular weight is 287 g/mol. The third-order valence-corrected chi connectivity index (χ3v) is 4.33. The second kappa shape index (κ2) is 5.41. The van der Waals surface area contributed by atoms with E-state index < -0.39 is 5.97 Å². The summed E-state index contributed by atoms with van der Waals surface area (Å²) in [5, 5.41) is 10.3. The number of aromatic nitrogens is 1. The van der Waals surface area contributed by atoms with E-state index in [9.17, 15) is 9.90 Å². The van der Waals surface area contributed by atoms with Crippen LogP contribution in [0.5, 0.6) is 0 Å². The van der Waals surface area contributed by atoms with Gasteiger partial charge in [0.1, 0.15) is 5.69 Å². The number of aryl methyl sites for hydroxylation is 1. The zero-order valence-corrected chi connectivity index (χ0v) is 12.5. The molecule has 112 valence electrons. The molecule has 0 atom stereocenters. The fourth-order valence-electron chi connectivity index (χ4n) is 3.05. The molecule has 1 aliphatic rings. The maximum atomic E-state index is 11.3. The standard InChI is InChI=1S/C16H21N3O2/c1-3-12-13-5-4-11(19-8-6-18(2)7-9-19)10-14(13)17-15(12)16(20)21/h4-5,10,17H,3,6-9H2,1-2H3,(H,20,21). The van der Waals surface area contributed by atoms with Gasteiger partial charge in [-0.05, 0) is 31.2 Å². The van der Waals surface area contributed by atoms with Crippen LogP contribution in [0, 0.1) is 0 Å². The molecule has 0 unspecified atom stereocenters. The molecule has 1 fully saturated rings. The molecule has 2 heterocycles. The largest absolute Gasteiger partial charge is 0.477 e. The number of hydrogen-bond donors (Lipinski definition) is 2. The zero-order chi connectivity index (χ0) is 15.0. The van der Waals surface area contributed by atoms with Crippen LogP contribution in [-0.4, -0.2) is 54.2 Å². The van der Waals surface area contributed by atoms with Crippen molar-refractivity contribution in [2.45, 2.75) is 13.3 Å². The lowest BCUT2D eigenvalue weighted by molar-refractivity contribution is 0.0690. The molecule has 5 heteroatoms. The predicted molar refractivity (Wildman–Crippen MR) is 84.3 cm³/mol. The fraction of sp³-hybridized carbons (Fsp3) is 0.438. The minimum absolute atomic E-state index is 0.322. The minimum atomic E-state index is -0.885. The van der Waals surface area contributed by atoms with E-state index in [2.05, 4.69) is 34.0 Å². The first kappa shape index (κ1) is 13.9. The molecule has 1 aromatic heterocycles. The van der Waals surface area contributed by atoms with Crippen LogP contribution in [0.2, 0.25) is 0 Å². The predicted octanol–water partition coefficient (Wildman–Crippen LogP) is 2.18. The van der Waals surface area contributed by atoms with Crippen molar-refractivity contribution < 1.29 is 9.90 Å². The summed E-state index contributed by atoms with van der Waals surface area (Å²) in [6.07, 6.45) is 0.718. The third-order valence-electron chi connectivity index (χ3n) is 4.33. The number of fused-ring (bicyclic) bond motifs is 1. The number of aromatic carboxylic acids is 1. The van der Waals surface area contributed by atoms with Gasteiger partial charge >= 0.3 is 5.97 Å². The summed E-state index contributed by atoms with van der Waals surface area (Å²) in [5.41, 5.74) is 3.29. The number of likely N-dealkylation sites (N-methyl/N-ethyl adjacent to an activating group) is 1. The van der Waals surface area contributed by atoms with Crippen molar-refractivity contribution in [1.29, 1.82) is 0 Å². The maximum Gasteiger partial charge on any atom is 0.352 e. The van der Waals surface area contributed by atoms with Crippen LogP contribution in [0.15, 0.2) is 18.2 Å². The number of carbonyl (C=O) groups is 1. The van der Waals surface area contributed by atoms with Gasteiger partial charge in [0.15, 0.2) is 0 Å². The summed E-state index contributed by atoms with van der Waals surface area (Å²) in [6.45, 7) is 6.13. The van der Waals surface area contributed by atoms with Crippen molar-refractivity contribution >= 4 is 22.6 Å². The number of benzene rings is 1. The lowest BCUT2D eigenvalue weighted by Crippen LogP contribution is -2.44. The Morgan fingerprint density at radius 1 is 1.29 bits per heavy atom. The van der Waals surface area contributed by atoms with Crippen molar-refractivity contribution in [3.8, 4) is 0 Å². The summed E-state index contributed by atoms with van der Waals surface area (Å²) in [4.78, 5) is 19.1. The summed E-state index contributed by atoms with van der Waals surface area (Å²) < 4.78 is 0. The first-order chi connectivity index (χ1) is 10.1. The number of aromatic amines is 1. The van der Waals surface area contributed by atoms with E-state index in [1.807, 2.05) is 13.0 Å². The molecule has 0 bridgehead atoms. The van der Waals surface area contributed by atoms with E-state index in [1.165, 1.54) is 0 Å². The van der Waals surface area contributed by atoms with Gasteiger partial charge in [0, 0.05) is 42.8 Å². The number of rotatable bonds is 3. The number of piperazine rings is 1. The van der Waals surface area contributed by atoms with Gasteiger partial charge in [-0.15, -0.1) is 0 Å². The molecule has 1 aromatic carbocycles. The number of H-pyrrole nitrogens is 1. The van der Waals surface area contributed by atoms with Crippen molar-refractivity contribution in [1.82, 2.24) is 9.88 Å². The number of carboxylic acid groups (broad SMARTS) is 1. The van der Waals surface area contributed by atoms with Crippen LogP contribution in [0.3, 0.4) is 0 Å². The molecule has 0 aliphatic carbocycles. The third kappa shape index (κ3) is 2.49. The van der Waals surface area contributed by atoms with Gasteiger partial charge in [-0.3, -0.25) is 0 Å². The lowest BCUT2D eigenvalue weighted by Gasteiger charge is -2.34. The van der Waals surface area contributed by atoms with E-state index >= 15 is 0 Å². The van der Waals surface area contributed by atoms with Crippen LogP contribution >= 0.6 is 0 Å². The highest BCUT2D eigenvalue weighted by Crippen LogP contribution is 2.28. The van der Waals surface area contributed by atoms with Gasteiger partial charge < -0.3 is 19.9 Å². The molecule has 0 saturated carbocycles. The topological polar surface area (TPSA) is 59.6 Å². The Balaban J connectivity index is 1.98. The highest BCUT2D eigenvalue weighted by atomic mass is 16.4. The van der Waals surface area contributed by atoms with Gasteiger partial charge in [0.25, 0.3) is 0 Å². The highest BCUT2D eigenvalue weighted by molar-refractivity contribution is 5.98. The number of nitrogens with zero attached hydrogens (tertiary/aromatic N) is 2. The SMILES string of the molecule is CCc1c(C(=O)O)[nH]c2cc(N3CCN(C)CC3)ccc12. The quantitative estimate of drug-likeness (QED) is 0.908. The van der Waals surface area contributed by atoms with Crippen molar-refractivity contribution in [2.24, 2.45) is 0 Å². The molecule has 0 spiro atoms. The molecule has 0 amide bonds. The fourth-order valence-corrected chi connectivity index (χ4v) is 3.05. The van der Waals surface area contributed by atoms with E-state index in [0.717, 1.165) is 54.8 Å². The lowest BCUT2D eigenvalue weighted by atomic mass is 10.1. The van der Waals surface area contributed by atoms with Gasteiger partial charge in [0.05, 0.1) is 0 Å². The number of carboxylic acids is 1. The number of hydrogen-bond acceptors (Lipinski definition) is 3. The number of nitrogens with one attached hydrogen (secondary N) is 1. The molecule has 1 aliphatic heterocycles. The molecule has 0 radical (unpaired) electrons. The van der Waals surface area contributed by atoms with E-state index in [0.29, 0.717) is 5.69 Å². The Labute approximate surface area is 124 Å². The van der Waals surface area contributed by atoms with Crippen molar-refractivity contribution in [2.75, 3.05) is 38.1 Å². The molecule has 21 heavy (non-hydrogen) atoms. The summed E-state index contributed by atoms with van der Waals surface area (Å²) in [6, 6.07) is 6.23. The van der Waals surface area contributed by atoms with Crippen LogP contribution in [0.1, 0.15) is 23.0 Å². The van der Waals surface area contributed by atoms with E-state index in [-0.39, 0.29) is 0 Å². The normalized spacial score (nSPS) is 16.6. The Morgan fingerprint density at radius 3 is 2.62 bits per heavy atom. The first-order valence-corrected chi connectivity index (χ1v) is 7.41. The Kier molecular flexibility index (Phi) is 3.59. The Morgan fingerprint density at radius 2 is 2.00 bits per heavy atom. The average Bonchev–Trinajstić information content (AvgIpc) is 2.85. The molecule has 3 rings (SSSR count). The molecular weight excluding hydrogens is 266 g/mol. The van der Waals surface area contributed by atoms with Gasteiger partial charge in [-0.1, -0.05) is 13.0 Å². The van der Waals surface area contributed by atoms with Crippen LogP contribution < -0.4 is 4.90 Å². The molecule has 2 N–H and O–H groups in total. The minimum Gasteiger partial charge on any atom is -0.477 e. The first-order valence-electron chi connectivity index (χ1n) is 7.41. The Hall–Kier alpha value is -2.01. The van der Waals surface area contributed by atoms with E-state index in [1.54, 1.807) is 0 Å². The molecular formula is C16H21N3O2. The van der Waals surface area contributed by atoms with Gasteiger partial charge in [0.2, 0.25) is 0 Å². The monoisotopic (exact) mass is 287 g/mol. The van der Waals surface area contributed by atoms with Gasteiger partial charge in [-0.2, -0.15) is 0 Å². The summed E-state index contributed by atoms with van der Waals surface area (Å²) >= 11 is 0. The summed E-state index contributed by atoms with van der Waals surface area (Å²) in [5.74, 6) is -0.885. The second-order valence-electron chi connectivity index (χ2n) is 5.66. The molecule has 1 saturated heterocycles. The smallest absolute Gasteiger partial charge is 0.352 e. The van der Waals surface area contributed by atoms with Crippen LogP contribution in [-0.2, 0) is 6.42 Å². The van der Waals surface area contributed by atoms with Crippen LogP contribution in [0.25, 0.3) is 10.9 Å². The number of anilines is 1. The van der Waals surface area contributed by atoms with E-state index in [4.69, 9.17) is 0 Å². The molecule has 5 nitrogen and oxygen atoms in total. The highest BCUT2D eigenvalue weighted by Gasteiger charge is 2.18. The van der Waals surface area contributed by atoms with Crippen LogP contribution in [0.4, 0.5) is 5.69 Å². The van der Waals surface area contributed by atoms with Crippen molar-refractivity contribution in [3.63, 3.8) is 0 Å².